The molecular formula is C18H23ClN4OS. The Bertz CT molecular complexity index is 753. The predicted molar refractivity (Wildman–Crippen MR) is 102 cm³/mol. The van der Waals surface area contributed by atoms with Crippen LogP contribution in [0.1, 0.15) is 33.1 Å². The van der Waals surface area contributed by atoms with E-state index in [4.69, 9.17) is 11.6 Å². The first kappa shape index (κ1) is 18.3. The first-order chi connectivity index (χ1) is 12.0. The number of carbonyl (C=O) groups excluding carboxylic acids is 1. The molecule has 0 radical (unpaired) electrons. The molecule has 1 aromatic heterocycles. The summed E-state index contributed by atoms with van der Waals surface area (Å²) >= 11 is 7.68. The summed E-state index contributed by atoms with van der Waals surface area (Å²) in [4.78, 5) is 14.7. The van der Waals surface area contributed by atoms with E-state index in [2.05, 4.69) is 24.0 Å². The van der Waals surface area contributed by atoms with Crippen LogP contribution in [0.4, 0.5) is 0 Å². The van der Waals surface area contributed by atoms with Crippen LogP contribution in [0.25, 0.3) is 11.4 Å². The van der Waals surface area contributed by atoms with Gasteiger partial charge in [0.05, 0.1) is 10.8 Å². The zero-order valence-electron chi connectivity index (χ0n) is 14.8. The van der Waals surface area contributed by atoms with Crippen LogP contribution >= 0.6 is 23.4 Å². The molecule has 1 amide bonds. The highest BCUT2D eigenvalue weighted by atomic mass is 35.5. The molecule has 1 fully saturated rings. The quantitative estimate of drug-likeness (QED) is 0.754. The first-order valence-corrected chi connectivity index (χ1v) is 9.93. The van der Waals surface area contributed by atoms with Crippen molar-refractivity contribution in [3.8, 4) is 11.4 Å². The number of piperidine rings is 1. The summed E-state index contributed by atoms with van der Waals surface area (Å²) in [6.07, 6.45) is 3.37. The fourth-order valence-electron chi connectivity index (χ4n) is 3.43. The molecule has 7 heteroatoms. The van der Waals surface area contributed by atoms with Gasteiger partial charge in [0, 0.05) is 24.7 Å². The SMILES string of the molecule is C[C@@H]1CCC[C@H](C)N1C(=O)CSc1nnc(-c2ccccc2Cl)n1C. The smallest absolute Gasteiger partial charge is 0.233 e. The zero-order valence-corrected chi connectivity index (χ0v) is 16.3. The second-order valence-electron chi connectivity index (χ2n) is 6.56. The molecular weight excluding hydrogens is 356 g/mol. The Morgan fingerprint density at radius 2 is 1.92 bits per heavy atom. The van der Waals surface area contributed by atoms with Crippen molar-refractivity contribution < 1.29 is 4.79 Å². The Kier molecular flexibility index (Phi) is 5.69. The minimum Gasteiger partial charge on any atom is -0.337 e. The number of hydrogen-bond donors (Lipinski definition) is 0. The molecule has 5 nitrogen and oxygen atoms in total. The lowest BCUT2D eigenvalue weighted by molar-refractivity contribution is -0.134. The summed E-state index contributed by atoms with van der Waals surface area (Å²) in [6, 6.07) is 8.19. The van der Waals surface area contributed by atoms with E-state index in [0.717, 1.165) is 23.6 Å². The average Bonchev–Trinajstić information content (AvgIpc) is 2.94. The first-order valence-electron chi connectivity index (χ1n) is 8.57. The number of amides is 1. The number of carbonyl (C=O) groups is 1. The van der Waals surface area contributed by atoms with Crippen LogP contribution < -0.4 is 0 Å². The van der Waals surface area contributed by atoms with Crippen LogP contribution in [0.2, 0.25) is 5.02 Å². The summed E-state index contributed by atoms with van der Waals surface area (Å²) in [5.41, 5.74) is 0.843. The monoisotopic (exact) mass is 378 g/mol. The Hall–Kier alpha value is -1.53. The van der Waals surface area contributed by atoms with Gasteiger partial charge in [-0.25, -0.2) is 0 Å². The van der Waals surface area contributed by atoms with Crippen molar-refractivity contribution >= 4 is 29.3 Å². The second kappa shape index (κ2) is 7.79. The van der Waals surface area contributed by atoms with Gasteiger partial charge < -0.3 is 9.47 Å². The van der Waals surface area contributed by atoms with Crippen molar-refractivity contribution in [2.75, 3.05) is 5.75 Å². The van der Waals surface area contributed by atoms with Crippen molar-refractivity contribution in [1.29, 1.82) is 0 Å². The standard InChI is InChI=1S/C18H23ClN4OS/c1-12-7-6-8-13(2)23(12)16(24)11-25-18-21-20-17(22(18)3)14-9-4-5-10-15(14)19/h4-5,9-10,12-13H,6-8,11H2,1-3H3/t12-,13+. The zero-order chi connectivity index (χ0) is 18.0. The number of hydrogen-bond acceptors (Lipinski definition) is 4. The number of benzene rings is 1. The number of nitrogens with zero attached hydrogens (tertiary/aromatic N) is 4. The summed E-state index contributed by atoms with van der Waals surface area (Å²) < 4.78 is 1.89. The largest absolute Gasteiger partial charge is 0.337 e. The van der Waals surface area contributed by atoms with E-state index in [1.54, 1.807) is 0 Å². The fourth-order valence-corrected chi connectivity index (χ4v) is 4.43. The molecule has 2 atom stereocenters. The van der Waals surface area contributed by atoms with Gasteiger partial charge in [-0.3, -0.25) is 4.79 Å². The third-order valence-electron chi connectivity index (χ3n) is 4.76. The van der Waals surface area contributed by atoms with Crippen molar-refractivity contribution in [3.05, 3.63) is 29.3 Å². The van der Waals surface area contributed by atoms with Crippen LogP contribution in [0.15, 0.2) is 29.4 Å². The molecule has 1 saturated heterocycles. The maximum Gasteiger partial charge on any atom is 0.233 e. The van der Waals surface area contributed by atoms with Gasteiger partial charge in [-0.15, -0.1) is 10.2 Å². The lowest BCUT2D eigenvalue weighted by Gasteiger charge is -2.39. The Morgan fingerprint density at radius 1 is 1.24 bits per heavy atom. The van der Waals surface area contributed by atoms with Gasteiger partial charge in [0.15, 0.2) is 11.0 Å². The molecule has 1 aromatic carbocycles. The van der Waals surface area contributed by atoms with E-state index < -0.39 is 0 Å². The van der Waals surface area contributed by atoms with E-state index in [9.17, 15) is 4.79 Å². The van der Waals surface area contributed by atoms with Gasteiger partial charge in [-0.1, -0.05) is 35.5 Å². The lowest BCUT2D eigenvalue weighted by Crippen LogP contribution is -2.48. The fraction of sp³-hybridized carbons (Fsp3) is 0.500. The van der Waals surface area contributed by atoms with E-state index >= 15 is 0 Å². The molecule has 0 N–H and O–H groups in total. The molecule has 0 saturated carbocycles. The van der Waals surface area contributed by atoms with E-state index in [0.29, 0.717) is 28.7 Å². The summed E-state index contributed by atoms with van der Waals surface area (Å²) in [5, 5.41) is 9.85. The van der Waals surface area contributed by atoms with Gasteiger partial charge in [0.1, 0.15) is 0 Å². The second-order valence-corrected chi connectivity index (χ2v) is 7.91. The number of aromatic nitrogens is 3. The van der Waals surface area contributed by atoms with Crippen molar-refractivity contribution in [3.63, 3.8) is 0 Å². The summed E-state index contributed by atoms with van der Waals surface area (Å²) in [6.45, 7) is 4.27. The molecule has 1 aliphatic rings. The predicted octanol–water partition coefficient (Wildman–Crippen LogP) is 4.02. The van der Waals surface area contributed by atoms with Crippen molar-refractivity contribution in [2.45, 2.75) is 50.4 Å². The van der Waals surface area contributed by atoms with Gasteiger partial charge in [0.2, 0.25) is 5.91 Å². The molecule has 0 spiro atoms. The summed E-state index contributed by atoms with van der Waals surface area (Å²) in [5.74, 6) is 1.26. The van der Waals surface area contributed by atoms with E-state index in [-0.39, 0.29) is 5.91 Å². The van der Waals surface area contributed by atoms with Gasteiger partial charge in [0.25, 0.3) is 0 Å². The number of likely N-dealkylation sites (tertiary alicyclic amines) is 1. The third kappa shape index (κ3) is 3.85. The van der Waals surface area contributed by atoms with Gasteiger partial charge >= 0.3 is 0 Å². The van der Waals surface area contributed by atoms with Crippen LogP contribution in [0.3, 0.4) is 0 Å². The topological polar surface area (TPSA) is 51.0 Å². The van der Waals surface area contributed by atoms with E-state index in [1.807, 2.05) is 40.8 Å². The summed E-state index contributed by atoms with van der Waals surface area (Å²) in [7, 11) is 1.90. The van der Waals surface area contributed by atoms with Crippen LogP contribution in [-0.2, 0) is 11.8 Å². The highest BCUT2D eigenvalue weighted by Gasteiger charge is 2.29. The molecule has 3 rings (SSSR count). The molecule has 0 aliphatic carbocycles. The van der Waals surface area contributed by atoms with Crippen LogP contribution in [-0.4, -0.2) is 43.4 Å². The number of rotatable bonds is 4. The maximum absolute atomic E-state index is 12.7. The van der Waals surface area contributed by atoms with E-state index in [1.165, 1.54) is 18.2 Å². The van der Waals surface area contributed by atoms with Gasteiger partial charge in [-0.05, 0) is 45.2 Å². The third-order valence-corrected chi connectivity index (χ3v) is 6.09. The number of halogens is 1. The Labute approximate surface area is 157 Å². The highest BCUT2D eigenvalue weighted by molar-refractivity contribution is 7.99. The Morgan fingerprint density at radius 3 is 2.60 bits per heavy atom. The minimum atomic E-state index is 0.173. The molecule has 2 aromatic rings. The lowest BCUT2D eigenvalue weighted by atomic mass is 9.98. The maximum atomic E-state index is 12.7. The van der Waals surface area contributed by atoms with Crippen LogP contribution in [0, 0.1) is 0 Å². The van der Waals surface area contributed by atoms with Crippen LogP contribution in [0.5, 0.6) is 0 Å². The van der Waals surface area contributed by atoms with Crippen molar-refractivity contribution in [1.82, 2.24) is 19.7 Å². The number of thioether (sulfide) groups is 1. The molecule has 0 bridgehead atoms. The Balaban J connectivity index is 1.70. The molecule has 25 heavy (non-hydrogen) atoms. The molecule has 134 valence electrons. The molecule has 0 unspecified atom stereocenters. The van der Waals surface area contributed by atoms with Gasteiger partial charge in [-0.2, -0.15) is 0 Å². The minimum absolute atomic E-state index is 0.173. The van der Waals surface area contributed by atoms with Crippen molar-refractivity contribution in [2.24, 2.45) is 7.05 Å². The molecule has 1 aliphatic heterocycles. The normalized spacial score (nSPS) is 20.7. The highest BCUT2D eigenvalue weighted by Crippen LogP contribution is 2.29. The average molecular weight is 379 g/mol. The molecule has 2 heterocycles.